The largest absolute Gasteiger partial charge is 0.377 e. The van der Waals surface area contributed by atoms with Gasteiger partial charge in [-0.1, -0.05) is 0 Å². The number of hydrogen-bond acceptors (Lipinski definition) is 5. The molecule has 1 amide bonds. The Morgan fingerprint density at radius 3 is 2.64 bits per heavy atom. The van der Waals surface area contributed by atoms with E-state index in [-0.39, 0.29) is 11.9 Å². The van der Waals surface area contributed by atoms with Crippen molar-refractivity contribution >= 4 is 22.5 Å². The van der Waals surface area contributed by atoms with Gasteiger partial charge in [-0.3, -0.25) is 14.4 Å². The number of nitrogens with one attached hydrogen (secondary N) is 1. The van der Waals surface area contributed by atoms with Crippen LogP contribution in [-0.4, -0.2) is 69.1 Å². The van der Waals surface area contributed by atoms with Crippen molar-refractivity contribution in [3.05, 3.63) is 29.8 Å². The number of anilines is 1. The predicted molar refractivity (Wildman–Crippen MR) is 96.3 cm³/mol. The average molecular weight is 367 g/mol. The Labute approximate surface area is 150 Å². The molecule has 0 radical (unpaired) electrons. The third-order valence-electron chi connectivity index (χ3n) is 4.81. The Balaban J connectivity index is 1.57. The number of benzene rings is 1. The van der Waals surface area contributed by atoms with Crippen LogP contribution in [0, 0.1) is 0 Å². The number of amides is 1. The van der Waals surface area contributed by atoms with E-state index in [0.29, 0.717) is 23.9 Å². The first-order chi connectivity index (χ1) is 12.0. The molecule has 2 saturated heterocycles. The Hall–Kier alpha value is -1.64. The van der Waals surface area contributed by atoms with Crippen LogP contribution in [0.4, 0.5) is 5.69 Å². The maximum absolute atomic E-state index is 12.7. The smallest absolute Gasteiger partial charge is 0.254 e. The Morgan fingerprint density at radius 2 is 2.04 bits per heavy atom. The second-order valence-electron chi connectivity index (χ2n) is 6.69. The molecule has 2 atom stereocenters. The number of ether oxygens (including phenoxy) is 1. The first kappa shape index (κ1) is 18.2. The van der Waals surface area contributed by atoms with Crippen molar-refractivity contribution in [2.24, 2.45) is 0 Å². The third-order valence-corrected chi connectivity index (χ3v) is 5.25. The first-order valence-corrected chi connectivity index (χ1v) is 9.86. The van der Waals surface area contributed by atoms with Crippen LogP contribution in [0.1, 0.15) is 30.1 Å². The zero-order valence-corrected chi connectivity index (χ0v) is 15.3. The van der Waals surface area contributed by atoms with Crippen LogP contribution >= 0.6 is 0 Å². The van der Waals surface area contributed by atoms with Crippen LogP contribution in [0.2, 0.25) is 0 Å². The number of thiol groups is 1. The molecule has 2 aliphatic heterocycles. The molecule has 8 heteroatoms. The van der Waals surface area contributed by atoms with Gasteiger partial charge in [0.05, 0.1) is 6.10 Å². The second-order valence-corrected chi connectivity index (χ2v) is 7.43. The van der Waals surface area contributed by atoms with Crippen LogP contribution in [0.25, 0.3) is 0 Å². The van der Waals surface area contributed by atoms with Crippen LogP contribution < -0.4 is 4.72 Å². The number of hydrogen-bond donors (Lipinski definition) is 2. The topological polar surface area (TPSA) is 79.0 Å². The second kappa shape index (κ2) is 8.16. The number of carbonyl (C=O) groups excluding carboxylic acids is 1. The van der Waals surface area contributed by atoms with Crippen molar-refractivity contribution in [2.75, 3.05) is 37.5 Å². The molecule has 0 aromatic heterocycles. The van der Waals surface area contributed by atoms with Gasteiger partial charge in [-0.15, -0.1) is 0 Å². The molecule has 7 nitrogen and oxygen atoms in total. The average Bonchev–Trinajstić information content (AvgIpc) is 3.07. The summed E-state index contributed by atoms with van der Waals surface area (Å²) in [5.41, 5.74) is 1.04. The minimum Gasteiger partial charge on any atom is -0.377 e. The van der Waals surface area contributed by atoms with Gasteiger partial charge in [-0.05, 0) is 44.0 Å². The van der Waals surface area contributed by atoms with Gasteiger partial charge < -0.3 is 9.64 Å². The van der Waals surface area contributed by atoms with Gasteiger partial charge in [-0.2, -0.15) is 0 Å². The Bertz CT molecular complexity index is 663. The van der Waals surface area contributed by atoms with Crippen LogP contribution in [0.15, 0.2) is 24.3 Å². The van der Waals surface area contributed by atoms with Crippen molar-refractivity contribution in [3.8, 4) is 0 Å². The summed E-state index contributed by atoms with van der Waals surface area (Å²) in [5.74, 6) is -0.0117. The van der Waals surface area contributed by atoms with E-state index in [2.05, 4.69) is 16.5 Å². The molecule has 3 rings (SSSR count). The lowest BCUT2D eigenvalue weighted by atomic mass is 10.1. The lowest BCUT2D eigenvalue weighted by Crippen LogP contribution is -2.55. The van der Waals surface area contributed by atoms with E-state index in [1.165, 1.54) is 0 Å². The molecule has 1 N–H and O–H groups in total. The van der Waals surface area contributed by atoms with E-state index >= 15 is 0 Å². The van der Waals surface area contributed by atoms with Gasteiger partial charge >= 0.3 is 0 Å². The quantitative estimate of drug-likeness (QED) is 0.758. The highest BCUT2D eigenvalue weighted by Crippen LogP contribution is 2.19. The van der Waals surface area contributed by atoms with Gasteiger partial charge in [0.1, 0.15) is 0 Å². The summed E-state index contributed by atoms with van der Waals surface area (Å²) in [5, 5.41) is 0. The molecule has 2 heterocycles. The molecule has 1 aromatic carbocycles. The standard InChI is InChI=1S/C17H25N3O4S/c1-13-11-19(12-16-3-2-10-24-16)8-9-20(13)17(21)14-4-6-15(7-5-14)18-25(22)23/h4-7,13,16,25H,2-3,8-12H2,1H3,(H,18,22,23)/t13-,16+/m1/s1. The molecule has 0 saturated carbocycles. The van der Waals surface area contributed by atoms with E-state index in [9.17, 15) is 13.2 Å². The first-order valence-electron chi connectivity index (χ1n) is 8.69. The zero-order valence-electron chi connectivity index (χ0n) is 14.4. The highest BCUT2D eigenvalue weighted by Gasteiger charge is 2.29. The number of piperazine rings is 1. The van der Waals surface area contributed by atoms with Gasteiger partial charge in [0.15, 0.2) is 0 Å². The van der Waals surface area contributed by atoms with Crippen molar-refractivity contribution in [1.82, 2.24) is 9.80 Å². The Kier molecular flexibility index (Phi) is 5.93. The fraction of sp³-hybridized carbons (Fsp3) is 0.588. The molecule has 2 fully saturated rings. The molecule has 0 bridgehead atoms. The lowest BCUT2D eigenvalue weighted by Gasteiger charge is -2.40. The van der Waals surface area contributed by atoms with Crippen LogP contribution in [0.3, 0.4) is 0 Å². The molecule has 25 heavy (non-hydrogen) atoms. The van der Waals surface area contributed by atoms with E-state index < -0.39 is 10.9 Å². The zero-order chi connectivity index (χ0) is 17.8. The number of rotatable bonds is 5. The van der Waals surface area contributed by atoms with E-state index in [1.807, 2.05) is 4.90 Å². The fourth-order valence-electron chi connectivity index (χ4n) is 3.54. The van der Waals surface area contributed by atoms with Gasteiger partial charge in [0.25, 0.3) is 5.91 Å². The summed E-state index contributed by atoms with van der Waals surface area (Å²) >= 11 is 0. The summed E-state index contributed by atoms with van der Waals surface area (Å²) in [6.07, 6.45) is 2.61. The van der Waals surface area contributed by atoms with Crippen molar-refractivity contribution in [2.45, 2.75) is 31.9 Å². The molecule has 1 aromatic rings. The van der Waals surface area contributed by atoms with Crippen LogP contribution in [-0.2, 0) is 15.6 Å². The van der Waals surface area contributed by atoms with Gasteiger partial charge in [0.2, 0.25) is 10.9 Å². The molecular weight excluding hydrogens is 342 g/mol. The molecule has 0 spiro atoms. The molecule has 138 valence electrons. The van der Waals surface area contributed by atoms with Crippen molar-refractivity contribution in [3.63, 3.8) is 0 Å². The van der Waals surface area contributed by atoms with Gasteiger partial charge in [-0.25, -0.2) is 8.42 Å². The predicted octanol–water partition coefficient (Wildman–Crippen LogP) is 0.950. The SMILES string of the molecule is C[C@@H]1CN(C[C@@H]2CCCO2)CCN1C(=O)c1ccc(N[SH](=O)=O)cc1. The fourth-order valence-corrected chi connectivity index (χ4v) is 3.90. The Morgan fingerprint density at radius 1 is 1.28 bits per heavy atom. The number of carbonyl (C=O) groups is 1. The van der Waals surface area contributed by atoms with Crippen molar-refractivity contribution in [1.29, 1.82) is 0 Å². The van der Waals surface area contributed by atoms with E-state index in [1.54, 1.807) is 24.3 Å². The minimum absolute atomic E-state index is 0.0117. The minimum atomic E-state index is -2.69. The third kappa shape index (κ3) is 4.71. The van der Waals surface area contributed by atoms with E-state index in [4.69, 9.17) is 4.74 Å². The molecule has 2 aliphatic rings. The number of nitrogens with zero attached hydrogens (tertiary/aromatic N) is 2. The summed E-state index contributed by atoms with van der Waals surface area (Å²) < 4.78 is 29.4. The maximum Gasteiger partial charge on any atom is 0.254 e. The monoisotopic (exact) mass is 367 g/mol. The molecular formula is C17H25N3O4S. The molecule has 0 unspecified atom stereocenters. The summed E-state index contributed by atoms with van der Waals surface area (Å²) in [6, 6.07) is 6.67. The maximum atomic E-state index is 12.7. The van der Waals surface area contributed by atoms with Gasteiger partial charge in [0, 0.05) is 50.1 Å². The lowest BCUT2D eigenvalue weighted by molar-refractivity contribution is 0.0279. The summed E-state index contributed by atoms with van der Waals surface area (Å²) in [6.45, 7) is 6.27. The van der Waals surface area contributed by atoms with E-state index in [0.717, 1.165) is 39.1 Å². The normalized spacial score (nSPS) is 24.6. The van der Waals surface area contributed by atoms with Crippen LogP contribution in [0.5, 0.6) is 0 Å². The van der Waals surface area contributed by atoms with Crippen molar-refractivity contribution < 1.29 is 17.9 Å². The highest BCUT2D eigenvalue weighted by molar-refractivity contribution is 7.73. The highest BCUT2D eigenvalue weighted by atomic mass is 32.2. The molecule has 0 aliphatic carbocycles. The summed E-state index contributed by atoms with van der Waals surface area (Å²) in [4.78, 5) is 17.0. The summed E-state index contributed by atoms with van der Waals surface area (Å²) in [7, 11) is -2.69.